The molecule has 0 aromatic heterocycles. The molecule has 2 nitrogen and oxygen atoms in total. The maximum atomic E-state index is 8.90. The average molecular weight is 233 g/mol. The van der Waals surface area contributed by atoms with Gasteiger partial charge in [-0.05, 0) is 44.2 Å². The summed E-state index contributed by atoms with van der Waals surface area (Å²) in [6.07, 6.45) is 5.90. The first-order valence-corrected chi connectivity index (χ1v) is 6.79. The molecule has 0 radical (unpaired) electrons. The highest BCUT2D eigenvalue weighted by molar-refractivity contribution is 5.14. The van der Waals surface area contributed by atoms with Crippen LogP contribution in [0, 0.1) is 0 Å². The maximum Gasteiger partial charge on any atom is 0.0431 e. The second kappa shape index (κ2) is 6.77. The van der Waals surface area contributed by atoms with Crippen molar-refractivity contribution in [2.75, 3.05) is 19.7 Å². The minimum absolute atomic E-state index is 0.336. The molecule has 1 aromatic carbocycles. The molecular formula is C15H23NO. The van der Waals surface area contributed by atoms with Crippen LogP contribution in [0.5, 0.6) is 0 Å². The molecule has 1 aliphatic rings. The first kappa shape index (κ1) is 12.6. The molecule has 2 rings (SSSR count). The number of rotatable bonds is 6. The van der Waals surface area contributed by atoms with Crippen molar-refractivity contribution in [3.8, 4) is 0 Å². The molecule has 1 N–H and O–H groups in total. The Bertz CT molecular complexity index is 312. The number of aliphatic hydroxyl groups is 1. The van der Waals surface area contributed by atoms with E-state index in [1.165, 1.54) is 31.5 Å². The SMILES string of the molecule is OCCCC1CCCN1CCc1ccccc1. The number of benzene rings is 1. The predicted molar refractivity (Wildman–Crippen MR) is 71.1 cm³/mol. The standard InChI is InChI=1S/C15H23NO/c17-13-5-9-15-8-4-11-16(15)12-10-14-6-2-1-3-7-14/h1-3,6-7,15,17H,4-5,8-13H2. The molecule has 1 aromatic rings. The lowest BCUT2D eigenvalue weighted by atomic mass is 10.1. The van der Waals surface area contributed by atoms with Crippen molar-refractivity contribution in [1.29, 1.82) is 0 Å². The monoisotopic (exact) mass is 233 g/mol. The van der Waals surface area contributed by atoms with E-state index in [1.54, 1.807) is 0 Å². The molecule has 94 valence electrons. The van der Waals surface area contributed by atoms with Gasteiger partial charge in [0, 0.05) is 19.2 Å². The summed E-state index contributed by atoms with van der Waals surface area (Å²) in [5.41, 5.74) is 1.43. The maximum absolute atomic E-state index is 8.90. The third-order valence-electron chi connectivity index (χ3n) is 3.73. The van der Waals surface area contributed by atoms with Gasteiger partial charge < -0.3 is 10.0 Å². The van der Waals surface area contributed by atoms with Crippen LogP contribution in [0.4, 0.5) is 0 Å². The van der Waals surface area contributed by atoms with Gasteiger partial charge in [-0.15, -0.1) is 0 Å². The van der Waals surface area contributed by atoms with Crippen LogP contribution >= 0.6 is 0 Å². The molecule has 1 fully saturated rings. The molecule has 0 aliphatic carbocycles. The Hall–Kier alpha value is -0.860. The Labute approximate surface area is 104 Å². The summed E-state index contributed by atoms with van der Waals surface area (Å²) < 4.78 is 0. The Morgan fingerprint density at radius 2 is 2.06 bits per heavy atom. The summed E-state index contributed by atoms with van der Waals surface area (Å²) >= 11 is 0. The lowest BCUT2D eigenvalue weighted by Crippen LogP contribution is -2.31. The molecule has 2 heteroatoms. The summed E-state index contributed by atoms with van der Waals surface area (Å²) in [7, 11) is 0. The van der Waals surface area contributed by atoms with Gasteiger partial charge in [-0.2, -0.15) is 0 Å². The van der Waals surface area contributed by atoms with Gasteiger partial charge >= 0.3 is 0 Å². The zero-order valence-corrected chi connectivity index (χ0v) is 10.5. The van der Waals surface area contributed by atoms with Crippen LogP contribution in [0.15, 0.2) is 30.3 Å². The van der Waals surface area contributed by atoms with Crippen LogP contribution in [-0.4, -0.2) is 35.7 Å². The van der Waals surface area contributed by atoms with Gasteiger partial charge in [0.1, 0.15) is 0 Å². The molecule has 1 heterocycles. The van der Waals surface area contributed by atoms with Crippen molar-refractivity contribution in [3.63, 3.8) is 0 Å². The second-order valence-corrected chi connectivity index (χ2v) is 4.93. The topological polar surface area (TPSA) is 23.5 Å². The summed E-state index contributed by atoms with van der Waals surface area (Å²) in [4.78, 5) is 2.60. The van der Waals surface area contributed by atoms with E-state index < -0.39 is 0 Å². The fourth-order valence-corrected chi connectivity index (χ4v) is 2.76. The van der Waals surface area contributed by atoms with E-state index in [0.29, 0.717) is 12.6 Å². The highest BCUT2D eigenvalue weighted by atomic mass is 16.2. The van der Waals surface area contributed by atoms with Gasteiger partial charge in [0.15, 0.2) is 0 Å². The number of aliphatic hydroxyl groups excluding tert-OH is 1. The largest absolute Gasteiger partial charge is 0.396 e. The van der Waals surface area contributed by atoms with Gasteiger partial charge in [-0.3, -0.25) is 0 Å². The number of hydrogen-bond acceptors (Lipinski definition) is 2. The third-order valence-corrected chi connectivity index (χ3v) is 3.73. The summed E-state index contributed by atoms with van der Waals surface area (Å²) in [6.45, 7) is 2.74. The van der Waals surface area contributed by atoms with E-state index in [9.17, 15) is 0 Å². The van der Waals surface area contributed by atoms with Gasteiger partial charge in [-0.25, -0.2) is 0 Å². The van der Waals surface area contributed by atoms with Gasteiger partial charge in [0.05, 0.1) is 0 Å². The molecular weight excluding hydrogens is 210 g/mol. The molecule has 0 spiro atoms. The van der Waals surface area contributed by atoms with Gasteiger partial charge in [0.2, 0.25) is 0 Å². The van der Waals surface area contributed by atoms with Crippen LogP contribution in [0.2, 0.25) is 0 Å². The zero-order valence-electron chi connectivity index (χ0n) is 10.5. The van der Waals surface area contributed by atoms with Gasteiger partial charge in [-0.1, -0.05) is 30.3 Å². The Morgan fingerprint density at radius 3 is 2.82 bits per heavy atom. The van der Waals surface area contributed by atoms with E-state index in [2.05, 4.69) is 35.2 Å². The van der Waals surface area contributed by atoms with E-state index in [4.69, 9.17) is 5.11 Å². The summed E-state index contributed by atoms with van der Waals surface area (Å²) in [6, 6.07) is 11.4. The fraction of sp³-hybridized carbons (Fsp3) is 0.600. The van der Waals surface area contributed by atoms with E-state index in [1.807, 2.05) is 0 Å². The molecule has 0 saturated carbocycles. The predicted octanol–water partition coefficient (Wildman–Crippen LogP) is 2.47. The molecule has 0 bridgehead atoms. The van der Waals surface area contributed by atoms with Gasteiger partial charge in [0.25, 0.3) is 0 Å². The third kappa shape index (κ3) is 3.83. The Morgan fingerprint density at radius 1 is 1.24 bits per heavy atom. The highest BCUT2D eigenvalue weighted by Crippen LogP contribution is 2.21. The molecule has 17 heavy (non-hydrogen) atoms. The van der Waals surface area contributed by atoms with Crippen LogP contribution in [0.1, 0.15) is 31.2 Å². The first-order valence-electron chi connectivity index (χ1n) is 6.79. The van der Waals surface area contributed by atoms with Crippen LogP contribution < -0.4 is 0 Å². The zero-order chi connectivity index (χ0) is 11.9. The van der Waals surface area contributed by atoms with Crippen LogP contribution in [0.25, 0.3) is 0 Å². The first-order chi connectivity index (χ1) is 8.40. The minimum Gasteiger partial charge on any atom is -0.396 e. The van der Waals surface area contributed by atoms with Crippen molar-refractivity contribution < 1.29 is 5.11 Å². The number of hydrogen-bond donors (Lipinski definition) is 1. The van der Waals surface area contributed by atoms with E-state index in [-0.39, 0.29) is 0 Å². The summed E-state index contributed by atoms with van der Waals surface area (Å²) in [5.74, 6) is 0. The van der Waals surface area contributed by atoms with Crippen molar-refractivity contribution in [2.24, 2.45) is 0 Å². The number of nitrogens with zero attached hydrogens (tertiary/aromatic N) is 1. The van der Waals surface area contributed by atoms with Crippen molar-refractivity contribution in [2.45, 2.75) is 38.1 Å². The lowest BCUT2D eigenvalue weighted by Gasteiger charge is -2.24. The van der Waals surface area contributed by atoms with Crippen molar-refractivity contribution in [1.82, 2.24) is 4.90 Å². The average Bonchev–Trinajstić information content (AvgIpc) is 2.82. The second-order valence-electron chi connectivity index (χ2n) is 4.93. The molecule has 0 amide bonds. The molecule has 1 aliphatic heterocycles. The number of likely N-dealkylation sites (tertiary alicyclic amines) is 1. The van der Waals surface area contributed by atoms with Crippen molar-refractivity contribution in [3.05, 3.63) is 35.9 Å². The van der Waals surface area contributed by atoms with E-state index >= 15 is 0 Å². The summed E-state index contributed by atoms with van der Waals surface area (Å²) in [5, 5.41) is 8.90. The fourth-order valence-electron chi connectivity index (χ4n) is 2.76. The lowest BCUT2D eigenvalue weighted by molar-refractivity contribution is 0.218. The highest BCUT2D eigenvalue weighted by Gasteiger charge is 2.23. The van der Waals surface area contributed by atoms with Crippen LogP contribution in [-0.2, 0) is 6.42 Å². The van der Waals surface area contributed by atoms with Crippen LogP contribution in [0.3, 0.4) is 0 Å². The molecule has 1 saturated heterocycles. The van der Waals surface area contributed by atoms with E-state index in [0.717, 1.165) is 19.3 Å². The normalized spacial score (nSPS) is 20.9. The van der Waals surface area contributed by atoms with Crippen molar-refractivity contribution >= 4 is 0 Å². The Balaban J connectivity index is 1.78. The quantitative estimate of drug-likeness (QED) is 0.816. The minimum atomic E-state index is 0.336. The Kier molecular flexibility index (Phi) is 5.02. The molecule has 1 unspecified atom stereocenters. The molecule has 1 atom stereocenters. The smallest absolute Gasteiger partial charge is 0.0431 e.